The number of allylic oxidation sites excluding steroid dienone is 1. The molecule has 0 spiro atoms. The Labute approximate surface area is 189 Å². The molecule has 2 aliphatic carbocycles. The van der Waals surface area contributed by atoms with E-state index in [9.17, 15) is 4.79 Å². The number of nitrogens with zero attached hydrogens (tertiary/aromatic N) is 1. The summed E-state index contributed by atoms with van der Waals surface area (Å²) in [5.74, 6) is 0.582. The van der Waals surface area contributed by atoms with Gasteiger partial charge in [-0.25, -0.2) is 0 Å². The number of rotatable bonds is 8. The fraction of sp³-hybridized carbons (Fsp3) is 0.440. The molecule has 0 aliphatic heterocycles. The molecule has 31 heavy (non-hydrogen) atoms. The van der Waals surface area contributed by atoms with Gasteiger partial charge < -0.3 is 16.4 Å². The highest BCUT2D eigenvalue weighted by atomic mass is 35.5. The molecule has 4 N–H and O–H groups in total. The van der Waals surface area contributed by atoms with Crippen molar-refractivity contribution in [1.82, 2.24) is 10.3 Å². The van der Waals surface area contributed by atoms with E-state index in [1.54, 1.807) is 12.4 Å². The van der Waals surface area contributed by atoms with Crippen molar-refractivity contribution < 1.29 is 4.79 Å². The number of halogens is 1. The first-order chi connectivity index (χ1) is 15.0. The van der Waals surface area contributed by atoms with E-state index in [-0.39, 0.29) is 23.3 Å². The van der Waals surface area contributed by atoms with Gasteiger partial charge >= 0.3 is 0 Å². The van der Waals surface area contributed by atoms with Crippen LogP contribution in [0.3, 0.4) is 0 Å². The minimum absolute atomic E-state index is 0.0208. The lowest BCUT2D eigenvalue weighted by Gasteiger charge is -2.32. The summed E-state index contributed by atoms with van der Waals surface area (Å²) in [7, 11) is 0. The number of hydrogen-bond acceptors (Lipinski definition) is 4. The summed E-state index contributed by atoms with van der Waals surface area (Å²) >= 11 is 6.04. The van der Waals surface area contributed by atoms with Crippen LogP contribution in [0.15, 0.2) is 61.1 Å². The zero-order valence-corrected chi connectivity index (χ0v) is 18.6. The molecule has 1 aromatic heterocycles. The van der Waals surface area contributed by atoms with Crippen molar-refractivity contribution in [3.8, 4) is 0 Å². The molecule has 1 atom stereocenters. The summed E-state index contributed by atoms with van der Waals surface area (Å²) in [6, 6.07) is 11.8. The summed E-state index contributed by atoms with van der Waals surface area (Å²) < 4.78 is 0. The van der Waals surface area contributed by atoms with Crippen molar-refractivity contribution in [2.75, 3.05) is 11.9 Å². The van der Waals surface area contributed by atoms with Crippen LogP contribution in [-0.4, -0.2) is 23.5 Å². The number of hydrogen-bond donors (Lipinski definition) is 3. The maximum Gasteiger partial charge on any atom is 0.227 e. The van der Waals surface area contributed by atoms with Gasteiger partial charge in [0.25, 0.3) is 0 Å². The summed E-state index contributed by atoms with van der Waals surface area (Å²) in [6.45, 7) is 5.04. The van der Waals surface area contributed by atoms with Crippen LogP contribution in [-0.2, 0) is 10.2 Å². The molecule has 2 saturated carbocycles. The van der Waals surface area contributed by atoms with Gasteiger partial charge in [-0.1, -0.05) is 30.3 Å². The van der Waals surface area contributed by atoms with E-state index < -0.39 is 0 Å². The molecular weight excluding hydrogens is 408 g/mol. The third-order valence-corrected chi connectivity index (χ3v) is 7.22. The molecule has 6 heteroatoms. The predicted molar refractivity (Wildman–Crippen MR) is 126 cm³/mol. The van der Waals surface area contributed by atoms with Crippen LogP contribution < -0.4 is 16.4 Å². The van der Waals surface area contributed by atoms with Gasteiger partial charge in [0, 0.05) is 52.7 Å². The molecule has 2 aliphatic rings. The number of nitrogens with one attached hydrogen (secondary N) is 2. The fourth-order valence-corrected chi connectivity index (χ4v) is 4.85. The van der Waals surface area contributed by atoms with Crippen molar-refractivity contribution in [2.24, 2.45) is 17.6 Å². The number of nitrogens with two attached hydrogens (primary N) is 1. The number of carbonyl (C=O) groups excluding carboxylic acids is 1. The van der Waals surface area contributed by atoms with Crippen LogP contribution in [0.2, 0.25) is 5.02 Å². The first-order valence-electron chi connectivity index (χ1n) is 11.1. The Balaban J connectivity index is 1.23. The number of aromatic nitrogens is 1. The highest BCUT2D eigenvalue weighted by Gasteiger charge is 2.47. The van der Waals surface area contributed by atoms with Crippen LogP contribution in [0.25, 0.3) is 0 Å². The molecular formula is C25H31ClN4O. The highest BCUT2D eigenvalue weighted by Crippen LogP contribution is 2.52. The van der Waals surface area contributed by atoms with Crippen molar-refractivity contribution >= 4 is 23.2 Å². The van der Waals surface area contributed by atoms with Crippen LogP contribution in [0.4, 0.5) is 5.69 Å². The number of carbonyl (C=O) groups is 1. The second-order valence-corrected chi connectivity index (χ2v) is 9.39. The SMILES string of the molecule is C=C(NC[C@H](N)C1CCC(C(=O)Nc2ccncc2)CC1)C1(c2ccc(Cl)cc2)CC1. The number of benzene rings is 1. The van der Waals surface area contributed by atoms with Gasteiger partial charge in [0.1, 0.15) is 0 Å². The van der Waals surface area contributed by atoms with E-state index in [0.717, 1.165) is 54.9 Å². The van der Waals surface area contributed by atoms with Gasteiger partial charge in [0.2, 0.25) is 5.91 Å². The predicted octanol–water partition coefficient (Wildman–Crippen LogP) is 4.64. The van der Waals surface area contributed by atoms with Gasteiger partial charge in [-0.3, -0.25) is 9.78 Å². The normalized spacial score (nSPS) is 22.9. The zero-order valence-electron chi connectivity index (χ0n) is 17.8. The number of pyridine rings is 1. The molecule has 0 radical (unpaired) electrons. The molecule has 1 amide bonds. The number of anilines is 1. The zero-order chi connectivity index (χ0) is 21.8. The van der Waals surface area contributed by atoms with Gasteiger partial charge in [-0.2, -0.15) is 0 Å². The lowest BCUT2D eigenvalue weighted by Crippen LogP contribution is -2.43. The minimum Gasteiger partial charge on any atom is -0.387 e. The second kappa shape index (κ2) is 9.41. The standard InChI is InChI=1S/C25H31ClN4O/c1-17(25(12-13-25)20-6-8-21(26)9-7-20)29-16-23(27)18-2-4-19(5-3-18)24(31)30-22-10-14-28-15-11-22/h6-11,14-15,18-19,23,29H,1-5,12-13,16,27H2,(H,28,30,31)/t18?,19?,23-/m0/s1. The molecule has 2 fully saturated rings. The summed E-state index contributed by atoms with van der Waals surface area (Å²) in [6.07, 6.45) is 9.30. The summed E-state index contributed by atoms with van der Waals surface area (Å²) in [4.78, 5) is 16.5. The van der Waals surface area contributed by atoms with Crippen LogP contribution in [0.1, 0.15) is 44.1 Å². The maximum atomic E-state index is 12.5. The molecule has 4 rings (SSSR count). The topological polar surface area (TPSA) is 80.0 Å². The minimum atomic E-state index is 0.0208. The molecule has 1 heterocycles. The van der Waals surface area contributed by atoms with Crippen LogP contribution in [0, 0.1) is 11.8 Å². The third kappa shape index (κ3) is 5.10. The smallest absolute Gasteiger partial charge is 0.227 e. The van der Waals surface area contributed by atoms with Gasteiger partial charge in [0.15, 0.2) is 0 Å². The Morgan fingerprint density at radius 1 is 1.13 bits per heavy atom. The van der Waals surface area contributed by atoms with Crippen molar-refractivity contribution in [3.05, 3.63) is 71.7 Å². The van der Waals surface area contributed by atoms with Gasteiger partial charge in [-0.05, 0) is 74.3 Å². The largest absolute Gasteiger partial charge is 0.387 e. The van der Waals surface area contributed by atoms with Gasteiger partial charge in [0.05, 0.1) is 0 Å². The summed E-state index contributed by atoms with van der Waals surface area (Å²) in [5.41, 5.74) is 9.68. The average molecular weight is 439 g/mol. The number of amides is 1. The fourth-order valence-electron chi connectivity index (χ4n) is 4.72. The van der Waals surface area contributed by atoms with Crippen LogP contribution in [0.5, 0.6) is 0 Å². The van der Waals surface area contributed by atoms with E-state index in [1.807, 2.05) is 24.3 Å². The van der Waals surface area contributed by atoms with E-state index in [0.29, 0.717) is 12.5 Å². The Morgan fingerprint density at radius 2 is 1.77 bits per heavy atom. The lowest BCUT2D eigenvalue weighted by atomic mass is 9.78. The molecule has 0 unspecified atom stereocenters. The monoisotopic (exact) mass is 438 g/mol. The first-order valence-corrected chi connectivity index (χ1v) is 11.5. The van der Waals surface area contributed by atoms with E-state index in [4.69, 9.17) is 17.3 Å². The summed E-state index contributed by atoms with van der Waals surface area (Å²) in [5, 5.41) is 7.28. The maximum absolute atomic E-state index is 12.5. The Hall–Kier alpha value is -2.37. The van der Waals surface area contributed by atoms with Crippen molar-refractivity contribution in [3.63, 3.8) is 0 Å². The van der Waals surface area contributed by atoms with E-state index >= 15 is 0 Å². The van der Waals surface area contributed by atoms with E-state index in [2.05, 4.69) is 34.3 Å². The van der Waals surface area contributed by atoms with Crippen LogP contribution >= 0.6 is 11.6 Å². The first kappa shape index (κ1) is 21.8. The Kier molecular flexibility index (Phi) is 6.63. The molecule has 5 nitrogen and oxygen atoms in total. The quantitative estimate of drug-likeness (QED) is 0.560. The van der Waals surface area contributed by atoms with E-state index in [1.165, 1.54) is 5.56 Å². The molecule has 0 bridgehead atoms. The Morgan fingerprint density at radius 3 is 2.39 bits per heavy atom. The Bertz CT molecular complexity index is 903. The molecule has 1 aromatic carbocycles. The molecule has 2 aromatic rings. The second-order valence-electron chi connectivity index (χ2n) is 8.95. The average Bonchev–Trinajstić information content (AvgIpc) is 3.60. The highest BCUT2D eigenvalue weighted by molar-refractivity contribution is 6.30. The van der Waals surface area contributed by atoms with Crippen molar-refractivity contribution in [1.29, 1.82) is 0 Å². The molecule has 0 saturated heterocycles. The lowest BCUT2D eigenvalue weighted by molar-refractivity contribution is -0.121. The molecule has 164 valence electrons. The van der Waals surface area contributed by atoms with Gasteiger partial charge in [-0.15, -0.1) is 0 Å². The van der Waals surface area contributed by atoms with Crippen molar-refractivity contribution in [2.45, 2.75) is 50.0 Å². The third-order valence-electron chi connectivity index (χ3n) is 6.97.